The summed E-state index contributed by atoms with van der Waals surface area (Å²) < 4.78 is 21.5. The van der Waals surface area contributed by atoms with Crippen LogP contribution in [-0.2, 0) is 6.42 Å². The van der Waals surface area contributed by atoms with Gasteiger partial charge in [0.05, 0.1) is 17.9 Å². The molecular weight excluding hydrogens is 333 g/mol. The number of carbonyl (C=O) groups excluding carboxylic acids is 1. The molecule has 2 aromatic heterocycles. The quantitative estimate of drug-likeness (QED) is 0.614. The van der Waals surface area contributed by atoms with E-state index >= 15 is 0 Å². The van der Waals surface area contributed by atoms with Crippen LogP contribution in [0.2, 0.25) is 0 Å². The minimum atomic E-state index is -0.284. The van der Waals surface area contributed by atoms with E-state index in [-0.39, 0.29) is 23.6 Å². The number of hydrogen-bond donors (Lipinski definition) is 0. The van der Waals surface area contributed by atoms with E-state index in [1.54, 1.807) is 16.8 Å². The van der Waals surface area contributed by atoms with Gasteiger partial charge < -0.3 is 4.74 Å². The van der Waals surface area contributed by atoms with Crippen LogP contribution in [0.4, 0.5) is 4.39 Å². The summed E-state index contributed by atoms with van der Waals surface area (Å²) in [7, 11) is 0. The van der Waals surface area contributed by atoms with Gasteiger partial charge in [-0.25, -0.2) is 13.9 Å². The largest absolute Gasteiger partial charge is 0.490 e. The van der Waals surface area contributed by atoms with Gasteiger partial charge in [0, 0.05) is 23.9 Å². The predicted molar refractivity (Wildman–Crippen MR) is 95.2 cm³/mol. The summed E-state index contributed by atoms with van der Waals surface area (Å²) in [5.74, 6) is 0.410. The molecule has 3 aromatic rings. The van der Waals surface area contributed by atoms with Crippen LogP contribution in [0.5, 0.6) is 5.75 Å². The lowest BCUT2D eigenvalue weighted by atomic mass is 9.95. The van der Waals surface area contributed by atoms with Crippen molar-refractivity contribution in [2.24, 2.45) is 0 Å². The highest BCUT2D eigenvalue weighted by molar-refractivity contribution is 6.01. The highest BCUT2D eigenvalue weighted by atomic mass is 19.1. The van der Waals surface area contributed by atoms with Crippen molar-refractivity contribution in [3.05, 3.63) is 59.3 Å². The maximum Gasteiger partial charge on any atom is 0.168 e. The number of nitrogens with zero attached hydrogens (tertiary/aromatic N) is 3. The van der Waals surface area contributed by atoms with E-state index in [2.05, 4.69) is 10.1 Å². The number of fused-ring (bicyclic) bond motifs is 2. The molecule has 0 fully saturated rings. The zero-order valence-electron chi connectivity index (χ0n) is 14.8. The summed E-state index contributed by atoms with van der Waals surface area (Å²) >= 11 is 0. The van der Waals surface area contributed by atoms with Crippen LogP contribution in [0.15, 0.2) is 36.7 Å². The SMILES string of the molecule is C[C@H]1CCC(=O)c2cnn3ccc(nc23)C[C@H](C)c2cc(F)ccc2O1. The molecule has 0 unspecified atom stereocenters. The second-order valence-electron chi connectivity index (χ2n) is 6.92. The van der Waals surface area contributed by atoms with Crippen molar-refractivity contribution in [1.29, 1.82) is 0 Å². The Morgan fingerprint density at radius 1 is 1.27 bits per heavy atom. The smallest absolute Gasteiger partial charge is 0.168 e. The van der Waals surface area contributed by atoms with Crippen LogP contribution in [0.25, 0.3) is 5.65 Å². The standard InChI is InChI=1S/C20H20FN3O2/c1-12-9-15-7-8-24-20(23-15)17(11-22-24)18(25)5-3-13(2)26-19-6-4-14(21)10-16(12)19/h4,6-8,10-13H,3,5,9H2,1-2H3/t12-,13-/m0/s1. The van der Waals surface area contributed by atoms with Crippen LogP contribution in [-0.4, -0.2) is 26.5 Å². The van der Waals surface area contributed by atoms with Gasteiger partial charge in [-0.3, -0.25) is 4.79 Å². The van der Waals surface area contributed by atoms with Gasteiger partial charge in [0.2, 0.25) is 0 Å². The minimum Gasteiger partial charge on any atom is -0.490 e. The third kappa shape index (κ3) is 3.07. The predicted octanol–water partition coefficient (Wildman–Crippen LogP) is 3.96. The maximum absolute atomic E-state index is 13.8. The molecule has 1 aliphatic rings. The normalized spacial score (nSPS) is 20.8. The van der Waals surface area contributed by atoms with Crippen molar-refractivity contribution in [2.45, 2.75) is 45.1 Å². The molecule has 0 spiro atoms. The summed E-state index contributed by atoms with van der Waals surface area (Å²) in [6.07, 6.45) is 4.77. The highest BCUT2D eigenvalue weighted by Gasteiger charge is 2.20. The van der Waals surface area contributed by atoms with Crippen molar-refractivity contribution < 1.29 is 13.9 Å². The lowest BCUT2D eigenvalue weighted by molar-refractivity contribution is 0.0959. The first kappa shape index (κ1) is 16.7. The Labute approximate surface area is 150 Å². The number of carbonyl (C=O) groups is 1. The van der Waals surface area contributed by atoms with Gasteiger partial charge in [-0.05, 0) is 49.9 Å². The van der Waals surface area contributed by atoms with Gasteiger partial charge in [0.15, 0.2) is 11.4 Å². The van der Waals surface area contributed by atoms with Crippen molar-refractivity contribution in [3.8, 4) is 5.75 Å². The molecule has 134 valence electrons. The molecule has 1 aliphatic heterocycles. The Bertz CT molecular complexity index is 982. The zero-order valence-corrected chi connectivity index (χ0v) is 14.8. The summed E-state index contributed by atoms with van der Waals surface area (Å²) in [5.41, 5.74) is 2.77. The fraction of sp³-hybridized carbons (Fsp3) is 0.350. The molecule has 4 rings (SSSR count). The lowest BCUT2D eigenvalue weighted by Crippen LogP contribution is -2.15. The third-order valence-corrected chi connectivity index (χ3v) is 4.85. The van der Waals surface area contributed by atoms with Gasteiger partial charge in [0.25, 0.3) is 0 Å². The number of aromatic nitrogens is 3. The van der Waals surface area contributed by atoms with Gasteiger partial charge in [-0.2, -0.15) is 5.10 Å². The second kappa shape index (κ2) is 6.52. The average molecular weight is 353 g/mol. The molecular formula is C20H20FN3O2. The van der Waals surface area contributed by atoms with Crippen molar-refractivity contribution >= 4 is 11.4 Å². The summed E-state index contributed by atoms with van der Waals surface area (Å²) in [4.78, 5) is 17.2. The molecule has 2 bridgehead atoms. The number of Topliss-reactive ketones (excluding diaryl/α,β-unsaturated/α-hetero) is 1. The van der Waals surface area contributed by atoms with E-state index in [0.717, 1.165) is 11.3 Å². The molecule has 0 amide bonds. The molecule has 2 atom stereocenters. The fourth-order valence-corrected chi connectivity index (χ4v) is 3.40. The van der Waals surface area contributed by atoms with Crippen LogP contribution in [0.3, 0.4) is 0 Å². The zero-order chi connectivity index (χ0) is 18.3. The first-order valence-electron chi connectivity index (χ1n) is 8.84. The fourth-order valence-electron chi connectivity index (χ4n) is 3.40. The van der Waals surface area contributed by atoms with Crippen molar-refractivity contribution in [1.82, 2.24) is 14.6 Å². The monoisotopic (exact) mass is 353 g/mol. The summed E-state index contributed by atoms with van der Waals surface area (Å²) in [6, 6.07) is 6.49. The van der Waals surface area contributed by atoms with Crippen LogP contribution < -0.4 is 4.74 Å². The maximum atomic E-state index is 13.8. The van der Waals surface area contributed by atoms with E-state index in [1.807, 2.05) is 26.1 Å². The Morgan fingerprint density at radius 2 is 2.12 bits per heavy atom. The Morgan fingerprint density at radius 3 is 2.96 bits per heavy atom. The molecule has 6 heteroatoms. The number of halogens is 1. The molecule has 0 aliphatic carbocycles. The topological polar surface area (TPSA) is 56.5 Å². The van der Waals surface area contributed by atoms with Gasteiger partial charge in [-0.15, -0.1) is 0 Å². The first-order chi connectivity index (χ1) is 12.5. The van der Waals surface area contributed by atoms with Gasteiger partial charge in [0.1, 0.15) is 11.6 Å². The molecule has 0 radical (unpaired) electrons. The molecule has 3 heterocycles. The third-order valence-electron chi connectivity index (χ3n) is 4.85. The number of ether oxygens (including phenoxy) is 1. The van der Waals surface area contributed by atoms with Crippen molar-refractivity contribution in [2.75, 3.05) is 0 Å². The van der Waals surface area contributed by atoms with E-state index in [0.29, 0.717) is 36.2 Å². The van der Waals surface area contributed by atoms with Crippen molar-refractivity contribution in [3.63, 3.8) is 0 Å². The molecule has 0 saturated carbocycles. The highest BCUT2D eigenvalue weighted by Crippen LogP contribution is 2.31. The van der Waals surface area contributed by atoms with E-state index in [1.165, 1.54) is 12.1 Å². The molecule has 26 heavy (non-hydrogen) atoms. The van der Waals surface area contributed by atoms with E-state index in [4.69, 9.17) is 4.74 Å². The average Bonchev–Trinajstić information content (AvgIpc) is 3.03. The van der Waals surface area contributed by atoms with Crippen LogP contribution >= 0.6 is 0 Å². The van der Waals surface area contributed by atoms with Gasteiger partial charge in [-0.1, -0.05) is 6.92 Å². The molecule has 1 aromatic carbocycles. The second-order valence-corrected chi connectivity index (χ2v) is 6.92. The lowest BCUT2D eigenvalue weighted by Gasteiger charge is -2.20. The summed E-state index contributed by atoms with van der Waals surface area (Å²) in [6.45, 7) is 3.96. The van der Waals surface area contributed by atoms with Crippen LogP contribution in [0, 0.1) is 5.82 Å². The number of rotatable bonds is 0. The minimum absolute atomic E-state index is 0.00623. The van der Waals surface area contributed by atoms with E-state index in [9.17, 15) is 9.18 Å². The Balaban J connectivity index is 1.82. The Hall–Kier alpha value is -2.76. The molecule has 0 N–H and O–H groups in total. The Kier molecular flexibility index (Phi) is 4.18. The molecule has 5 nitrogen and oxygen atoms in total. The molecule has 0 saturated heterocycles. The number of benzene rings is 1. The van der Waals surface area contributed by atoms with E-state index < -0.39 is 0 Å². The number of ketones is 1. The van der Waals surface area contributed by atoms with Crippen LogP contribution in [0.1, 0.15) is 54.2 Å². The first-order valence-corrected chi connectivity index (χ1v) is 8.84. The summed E-state index contributed by atoms with van der Waals surface area (Å²) in [5, 5.41) is 4.22. The number of hydrogen-bond acceptors (Lipinski definition) is 4. The van der Waals surface area contributed by atoms with Gasteiger partial charge >= 0.3 is 0 Å².